The zero-order valence-corrected chi connectivity index (χ0v) is 9.62. The van der Waals surface area contributed by atoms with Gasteiger partial charge in [0.1, 0.15) is 0 Å². The van der Waals surface area contributed by atoms with Crippen molar-refractivity contribution in [2.24, 2.45) is 0 Å². The molecule has 1 unspecified atom stereocenters. The highest BCUT2D eigenvalue weighted by molar-refractivity contribution is 5.85. The Labute approximate surface area is 91.2 Å². The largest absolute Gasteiger partial charge is 0.264 e. The van der Waals surface area contributed by atoms with Gasteiger partial charge < -0.3 is 0 Å². The van der Waals surface area contributed by atoms with Crippen LogP contribution in [0.3, 0.4) is 0 Å². The molecule has 0 aliphatic rings. The second kappa shape index (κ2) is 4.01. The summed E-state index contributed by atoms with van der Waals surface area (Å²) in [6, 6.07) is 6.56. The minimum Gasteiger partial charge on any atom is -0.264 e. The SMILES string of the molecule is CCC(C)c1cncc2ccc(C)cc12. The van der Waals surface area contributed by atoms with E-state index in [4.69, 9.17) is 0 Å². The second-order valence-corrected chi connectivity index (χ2v) is 4.26. The van der Waals surface area contributed by atoms with Crippen molar-refractivity contribution in [1.82, 2.24) is 4.98 Å². The Morgan fingerprint density at radius 2 is 2.07 bits per heavy atom. The minimum atomic E-state index is 0.586. The molecule has 1 heterocycles. The molecule has 1 aromatic carbocycles. The first kappa shape index (κ1) is 10.2. The fourth-order valence-corrected chi connectivity index (χ4v) is 1.91. The van der Waals surface area contributed by atoms with Crippen molar-refractivity contribution in [1.29, 1.82) is 0 Å². The Hall–Kier alpha value is -1.37. The van der Waals surface area contributed by atoms with E-state index in [0.717, 1.165) is 6.42 Å². The van der Waals surface area contributed by atoms with Crippen LogP contribution >= 0.6 is 0 Å². The summed E-state index contributed by atoms with van der Waals surface area (Å²) in [5.74, 6) is 0.586. The molecule has 78 valence electrons. The Kier molecular flexibility index (Phi) is 2.72. The number of hydrogen-bond acceptors (Lipinski definition) is 1. The van der Waals surface area contributed by atoms with Crippen LogP contribution in [0.5, 0.6) is 0 Å². The second-order valence-electron chi connectivity index (χ2n) is 4.26. The Balaban J connectivity index is 2.68. The molecule has 1 aromatic heterocycles. The Bertz CT molecular complexity index is 474. The van der Waals surface area contributed by atoms with Crippen molar-refractivity contribution in [2.75, 3.05) is 0 Å². The van der Waals surface area contributed by atoms with Crippen LogP contribution in [-0.2, 0) is 0 Å². The number of hydrogen-bond donors (Lipinski definition) is 0. The molecular formula is C14H17N. The van der Waals surface area contributed by atoms with Crippen LogP contribution in [0.25, 0.3) is 10.8 Å². The highest BCUT2D eigenvalue weighted by Crippen LogP contribution is 2.27. The van der Waals surface area contributed by atoms with Crippen molar-refractivity contribution >= 4 is 10.8 Å². The van der Waals surface area contributed by atoms with Gasteiger partial charge in [0.25, 0.3) is 0 Å². The molecule has 1 nitrogen and oxygen atoms in total. The van der Waals surface area contributed by atoms with Crippen molar-refractivity contribution in [3.8, 4) is 0 Å². The highest BCUT2D eigenvalue weighted by Gasteiger charge is 2.07. The van der Waals surface area contributed by atoms with Gasteiger partial charge in [0, 0.05) is 17.8 Å². The first-order chi connectivity index (χ1) is 7.22. The topological polar surface area (TPSA) is 12.9 Å². The van der Waals surface area contributed by atoms with E-state index in [-0.39, 0.29) is 0 Å². The van der Waals surface area contributed by atoms with E-state index in [1.54, 1.807) is 0 Å². The number of pyridine rings is 1. The zero-order chi connectivity index (χ0) is 10.8. The van der Waals surface area contributed by atoms with Gasteiger partial charge >= 0.3 is 0 Å². The third kappa shape index (κ3) is 1.87. The van der Waals surface area contributed by atoms with Crippen molar-refractivity contribution in [3.63, 3.8) is 0 Å². The lowest BCUT2D eigenvalue weighted by atomic mass is 9.94. The molecule has 1 atom stereocenters. The quantitative estimate of drug-likeness (QED) is 0.710. The summed E-state index contributed by atoms with van der Waals surface area (Å²) >= 11 is 0. The van der Waals surface area contributed by atoms with Crippen LogP contribution in [0.4, 0.5) is 0 Å². The number of nitrogens with zero attached hydrogens (tertiary/aromatic N) is 1. The molecule has 0 amide bonds. The highest BCUT2D eigenvalue weighted by atomic mass is 14.6. The summed E-state index contributed by atoms with van der Waals surface area (Å²) in [5, 5.41) is 2.61. The fourth-order valence-electron chi connectivity index (χ4n) is 1.91. The van der Waals surface area contributed by atoms with Crippen molar-refractivity contribution in [2.45, 2.75) is 33.1 Å². The first-order valence-corrected chi connectivity index (χ1v) is 5.56. The minimum absolute atomic E-state index is 0.586. The number of rotatable bonds is 2. The van der Waals surface area contributed by atoms with Gasteiger partial charge in [0.2, 0.25) is 0 Å². The summed E-state index contributed by atoms with van der Waals surface area (Å²) in [6.07, 6.45) is 5.12. The lowest BCUT2D eigenvalue weighted by molar-refractivity contribution is 0.736. The summed E-state index contributed by atoms with van der Waals surface area (Å²) in [7, 11) is 0. The normalized spacial score (nSPS) is 13.0. The van der Waals surface area contributed by atoms with Crippen molar-refractivity contribution in [3.05, 3.63) is 41.7 Å². The van der Waals surface area contributed by atoms with Crippen LogP contribution < -0.4 is 0 Å². The third-order valence-corrected chi connectivity index (χ3v) is 3.09. The molecule has 2 aromatic rings. The van der Waals surface area contributed by atoms with Gasteiger partial charge in [-0.2, -0.15) is 0 Å². The molecule has 1 heteroatoms. The summed E-state index contributed by atoms with van der Waals surface area (Å²) < 4.78 is 0. The average molecular weight is 199 g/mol. The Morgan fingerprint density at radius 3 is 2.80 bits per heavy atom. The lowest BCUT2D eigenvalue weighted by Gasteiger charge is -2.12. The molecule has 0 radical (unpaired) electrons. The molecule has 0 bridgehead atoms. The molecule has 2 rings (SSSR count). The van der Waals surface area contributed by atoms with E-state index in [1.807, 2.05) is 12.4 Å². The van der Waals surface area contributed by atoms with Gasteiger partial charge in [0.05, 0.1) is 0 Å². The predicted octanol–water partition coefficient (Wildman–Crippen LogP) is 4.06. The monoisotopic (exact) mass is 199 g/mol. The van der Waals surface area contributed by atoms with Crippen LogP contribution in [0, 0.1) is 6.92 Å². The Morgan fingerprint density at radius 1 is 1.27 bits per heavy atom. The van der Waals surface area contributed by atoms with Crippen molar-refractivity contribution < 1.29 is 0 Å². The number of benzene rings is 1. The number of aromatic nitrogens is 1. The van der Waals surface area contributed by atoms with E-state index in [9.17, 15) is 0 Å². The molecule has 0 saturated carbocycles. The number of aryl methyl sites for hydroxylation is 1. The molecule has 0 spiro atoms. The van der Waals surface area contributed by atoms with Gasteiger partial charge in [-0.3, -0.25) is 4.98 Å². The molecule has 0 N–H and O–H groups in total. The van der Waals surface area contributed by atoms with E-state index < -0.39 is 0 Å². The molecule has 0 aliphatic heterocycles. The third-order valence-electron chi connectivity index (χ3n) is 3.09. The zero-order valence-electron chi connectivity index (χ0n) is 9.62. The van der Waals surface area contributed by atoms with Gasteiger partial charge in [-0.25, -0.2) is 0 Å². The maximum atomic E-state index is 4.31. The van der Waals surface area contributed by atoms with Gasteiger partial charge in [-0.15, -0.1) is 0 Å². The van der Waals surface area contributed by atoms with Crippen LogP contribution in [-0.4, -0.2) is 4.98 Å². The van der Waals surface area contributed by atoms with E-state index in [1.165, 1.54) is 21.9 Å². The molecule has 0 fully saturated rings. The van der Waals surface area contributed by atoms with E-state index >= 15 is 0 Å². The molecule has 15 heavy (non-hydrogen) atoms. The average Bonchev–Trinajstić information content (AvgIpc) is 2.27. The summed E-state index contributed by atoms with van der Waals surface area (Å²) in [6.45, 7) is 6.62. The predicted molar refractivity (Wildman–Crippen MR) is 65.2 cm³/mol. The summed E-state index contributed by atoms with van der Waals surface area (Å²) in [4.78, 5) is 4.31. The van der Waals surface area contributed by atoms with Gasteiger partial charge in [-0.05, 0) is 30.2 Å². The standard InChI is InChI=1S/C14H17N/c1-4-11(3)14-9-15-8-12-6-5-10(2)7-13(12)14/h5-9,11H,4H2,1-3H3. The molecular weight excluding hydrogens is 182 g/mol. The van der Waals surface area contributed by atoms with E-state index in [2.05, 4.69) is 44.0 Å². The smallest absolute Gasteiger partial charge is 0.0346 e. The van der Waals surface area contributed by atoms with Gasteiger partial charge in [-0.1, -0.05) is 37.6 Å². The van der Waals surface area contributed by atoms with Crippen LogP contribution in [0.1, 0.15) is 37.3 Å². The van der Waals surface area contributed by atoms with E-state index in [0.29, 0.717) is 5.92 Å². The number of fused-ring (bicyclic) bond motifs is 1. The first-order valence-electron chi connectivity index (χ1n) is 5.56. The fraction of sp³-hybridized carbons (Fsp3) is 0.357. The molecule has 0 aliphatic carbocycles. The molecule has 0 saturated heterocycles. The maximum absolute atomic E-state index is 4.31. The van der Waals surface area contributed by atoms with Crippen LogP contribution in [0.2, 0.25) is 0 Å². The maximum Gasteiger partial charge on any atom is 0.0346 e. The summed E-state index contributed by atoms with van der Waals surface area (Å²) in [5.41, 5.74) is 2.69. The van der Waals surface area contributed by atoms with Gasteiger partial charge in [0.15, 0.2) is 0 Å². The lowest BCUT2D eigenvalue weighted by Crippen LogP contribution is -1.94. The van der Waals surface area contributed by atoms with Crippen LogP contribution in [0.15, 0.2) is 30.6 Å².